The van der Waals surface area contributed by atoms with Crippen molar-refractivity contribution >= 4 is 5.91 Å². The van der Waals surface area contributed by atoms with E-state index in [0.717, 1.165) is 6.42 Å². The van der Waals surface area contributed by atoms with Crippen molar-refractivity contribution in [3.05, 3.63) is 42.4 Å². The Morgan fingerprint density at radius 2 is 2.08 bits per heavy atom. The molecule has 1 radical (unpaired) electrons. The van der Waals surface area contributed by atoms with Crippen LogP contribution in [0, 0.1) is 6.54 Å². The van der Waals surface area contributed by atoms with E-state index in [9.17, 15) is 4.79 Å². The fourth-order valence-electron chi connectivity index (χ4n) is 0.927. The summed E-state index contributed by atoms with van der Waals surface area (Å²) in [6.07, 6.45) is 0.778. The molecule has 0 saturated heterocycles. The van der Waals surface area contributed by atoms with Crippen molar-refractivity contribution in [3.63, 3.8) is 0 Å². The first-order chi connectivity index (χ1) is 5.79. The number of amides is 1. The highest BCUT2D eigenvalue weighted by molar-refractivity contribution is 5.73. The fourth-order valence-corrected chi connectivity index (χ4v) is 0.927. The molecule has 1 rings (SSSR count). The number of carbonyl (C=O) groups excluding carboxylic acids is 1. The zero-order valence-corrected chi connectivity index (χ0v) is 7.08. The summed E-state index contributed by atoms with van der Waals surface area (Å²) in [5, 5.41) is 2.63. The van der Waals surface area contributed by atoms with E-state index in [1.54, 1.807) is 6.54 Å². The van der Waals surface area contributed by atoms with E-state index >= 15 is 0 Å². The molecule has 0 bridgehead atoms. The third-order valence-electron chi connectivity index (χ3n) is 1.49. The summed E-state index contributed by atoms with van der Waals surface area (Å²) in [5.41, 5.74) is 1.20. The van der Waals surface area contributed by atoms with Gasteiger partial charge in [-0.15, -0.1) is 0 Å². The molecule has 12 heavy (non-hydrogen) atoms. The molecule has 0 aromatic heterocycles. The van der Waals surface area contributed by atoms with E-state index in [1.807, 2.05) is 30.3 Å². The topological polar surface area (TPSA) is 29.1 Å². The van der Waals surface area contributed by atoms with Crippen LogP contribution in [0.15, 0.2) is 30.3 Å². The average Bonchev–Trinajstić information content (AvgIpc) is 2.05. The van der Waals surface area contributed by atoms with Gasteiger partial charge in [0.05, 0.1) is 6.54 Å². The van der Waals surface area contributed by atoms with E-state index in [2.05, 4.69) is 5.32 Å². The Bertz CT molecular complexity index is 243. The van der Waals surface area contributed by atoms with E-state index < -0.39 is 0 Å². The SMILES string of the molecule is CC(=O)N[CH]Cc1ccccc1. The van der Waals surface area contributed by atoms with Gasteiger partial charge >= 0.3 is 0 Å². The summed E-state index contributed by atoms with van der Waals surface area (Å²) >= 11 is 0. The molecule has 0 saturated carbocycles. The largest absolute Gasteiger partial charge is 0.351 e. The summed E-state index contributed by atoms with van der Waals surface area (Å²) in [5.74, 6) is -0.0223. The Hall–Kier alpha value is -1.31. The fraction of sp³-hybridized carbons (Fsp3) is 0.200. The second kappa shape index (κ2) is 4.54. The summed E-state index contributed by atoms with van der Waals surface area (Å²) in [7, 11) is 0. The summed E-state index contributed by atoms with van der Waals surface area (Å²) < 4.78 is 0. The summed E-state index contributed by atoms with van der Waals surface area (Å²) in [6.45, 7) is 3.26. The lowest BCUT2D eigenvalue weighted by molar-refractivity contribution is -0.118. The van der Waals surface area contributed by atoms with E-state index in [-0.39, 0.29) is 5.91 Å². The van der Waals surface area contributed by atoms with Crippen LogP contribution < -0.4 is 5.32 Å². The van der Waals surface area contributed by atoms with Gasteiger partial charge in [0.15, 0.2) is 0 Å². The molecule has 1 aromatic carbocycles. The molecule has 0 unspecified atom stereocenters. The molecule has 0 atom stereocenters. The third kappa shape index (κ3) is 3.19. The zero-order valence-electron chi connectivity index (χ0n) is 7.08. The second-order valence-electron chi connectivity index (χ2n) is 2.59. The lowest BCUT2D eigenvalue weighted by atomic mass is 10.1. The number of rotatable bonds is 3. The maximum absolute atomic E-state index is 10.5. The molecule has 0 heterocycles. The van der Waals surface area contributed by atoms with Gasteiger partial charge in [0.2, 0.25) is 5.91 Å². The van der Waals surface area contributed by atoms with E-state index in [1.165, 1.54) is 12.5 Å². The summed E-state index contributed by atoms with van der Waals surface area (Å²) in [4.78, 5) is 10.5. The Morgan fingerprint density at radius 3 is 2.67 bits per heavy atom. The minimum atomic E-state index is -0.0223. The Kier molecular flexibility index (Phi) is 3.33. The highest BCUT2D eigenvalue weighted by atomic mass is 16.1. The van der Waals surface area contributed by atoms with Crippen LogP contribution in [0.4, 0.5) is 0 Å². The van der Waals surface area contributed by atoms with Crippen molar-refractivity contribution < 1.29 is 4.79 Å². The van der Waals surface area contributed by atoms with Gasteiger partial charge in [-0.1, -0.05) is 30.3 Å². The monoisotopic (exact) mass is 162 g/mol. The van der Waals surface area contributed by atoms with Crippen LogP contribution in [0.1, 0.15) is 12.5 Å². The van der Waals surface area contributed by atoms with Crippen molar-refractivity contribution in [2.75, 3.05) is 0 Å². The zero-order chi connectivity index (χ0) is 8.81. The van der Waals surface area contributed by atoms with Crippen molar-refractivity contribution in [2.45, 2.75) is 13.3 Å². The highest BCUT2D eigenvalue weighted by Gasteiger charge is 1.92. The van der Waals surface area contributed by atoms with Crippen molar-refractivity contribution in [1.29, 1.82) is 0 Å². The molecular formula is C10H12NO. The standard InChI is InChI=1S/C10H12NO/c1-9(12)11-8-7-10-5-3-2-4-6-10/h2-6,8H,7H2,1H3,(H,11,12). The number of benzene rings is 1. The number of hydrogen-bond donors (Lipinski definition) is 1. The average molecular weight is 162 g/mol. The van der Waals surface area contributed by atoms with Crippen LogP contribution in [-0.2, 0) is 11.2 Å². The molecule has 1 aromatic rings. The van der Waals surface area contributed by atoms with Gasteiger partial charge in [0.25, 0.3) is 0 Å². The second-order valence-corrected chi connectivity index (χ2v) is 2.59. The lowest BCUT2D eigenvalue weighted by Crippen LogP contribution is -2.17. The Labute approximate surface area is 72.6 Å². The van der Waals surface area contributed by atoms with Gasteiger partial charge in [0, 0.05) is 6.92 Å². The Morgan fingerprint density at radius 1 is 1.42 bits per heavy atom. The van der Waals surface area contributed by atoms with Gasteiger partial charge in [-0.3, -0.25) is 4.79 Å². The van der Waals surface area contributed by atoms with Gasteiger partial charge in [-0.05, 0) is 12.0 Å². The first kappa shape index (κ1) is 8.78. The molecule has 2 heteroatoms. The van der Waals surface area contributed by atoms with Gasteiger partial charge < -0.3 is 5.32 Å². The number of nitrogens with one attached hydrogen (secondary N) is 1. The molecule has 0 aliphatic heterocycles. The quantitative estimate of drug-likeness (QED) is 0.717. The van der Waals surface area contributed by atoms with Crippen LogP contribution in [-0.4, -0.2) is 5.91 Å². The highest BCUT2D eigenvalue weighted by Crippen LogP contribution is 1.99. The first-order valence-electron chi connectivity index (χ1n) is 3.92. The van der Waals surface area contributed by atoms with Crippen molar-refractivity contribution in [3.8, 4) is 0 Å². The lowest BCUT2D eigenvalue weighted by Gasteiger charge is -2.00. The smallest absolute Gasteiger partial charge is 0.217 e. The maximum Gasteiger partial charge on any atom is 0.217 e. The van der Waals surface area contributed by atoms with Crippen LogP contribution in [0.5, 0.6) is 0 Å². The third-order valence-corrected chi connectivity index (χ3v) is 1.49. The minimum absolute atomic E-state index is 0.0223. The normalized spacial score (nSPS) is 9.42. The predicted molar refractivity (Wildman–Crippen MR) is 48.3 cm³/mol. The van der Waals surface area contributed by atoms with Crippen molar-refractivity contribution in [2.24, 2.45) is 0 Å². The molecule has 1 amide bonds. The van der Waals surface area contributed by atoms with E-state index in [4.69, 9.17) is 0 Å². The van der Waals surface area contributed by atoms with Crippen LogP contribution in [0.25, 0.3) is 0 Å². The first-order valence-corrected chi connectivity index (χ1v) is 3.92. The molecular weight excluding hydrogens is 150 g/mol. The number of carbonyl (C=O) groups is 1. The Balaban J connectivity index is 2.29. The predicted octanol–water partition coefficient (Wildman–Crippen LogP) is 1.53. The molecule has 63 valence electrons. The molecule has 0 spiro atoms. The molecule has 0 fully saturated rings. The van der Waals surface area contributed by atoms with Crippen LogP contribution in [0.3, 0.4) is 0 Å². The minimum Gasteiger partial charge on any atom is -0.351 e. The summed E-state index contributed by atoms with van der Waals surface area (Å²) in [6, 6.07) is 9.99. The van der Waals surface area contributed by atoms with Crippen LogP contribution >= 0.6 is 0 Å². The molecule has 1 N–H and O–H groups in total. The van der Waals surface area contributed by atoms with Gasteiger partial charge in [0.1, 0.15) is 0 Å². The van der Waals surface area contributed by atoms with Crippen molar-refractivity contribution in [1.82, 2.24) is 5.32 Å². The maximum atomic E-state index is 10.5. The van der Waals surface area contributed by atoms with Gasteiger partial charge in [-0.2, -0.15) is 0 Å². The molecule has 2 nitrogen and oxygen atoms in total. The molecule has 0 aliphatic carbocycles. The van der Waals surface area contributed by atoms with E-state index in [0.29, 0.717) is 0 Å². The number of hydrogen-bond acceptors (Lipinski definition) is 1. The van der Waals surface area contributed by atoms with Gasteiger partial charge in [-0.25, -0.2) is 0 Å². The van der Waals surface area contributed by atoms with Crippen LogP contribution in [0.2, 0.25) is 0 Å². The molecule has 0 aliphatic rings.